The molecule has 1 fully saturated rings. The number of aromatic nitrogens is 2. The topological polar surface area (TPSA) is 72.0 Å². The highest BCUT2D eigenvalue weighted by molar-refractivity contribution is 6.15. The van der Waals surface area contributed by atoms with Gasteiger partial charge in [0.15, 0.2) is 0 Å². The van der Waals surface area contributed by atoms with E-state index < -0.39 is 0 Å². The molecule has 2 amide bonds. The van der Waals surface area contributed by atoms with Crippen LogP contribution in [0.1, 0.15) is 12.1 Å². The number of amides is 2. The lowest BCUT2D eigenvalue weighted by molar-refractivity contribution is -0.124. The molecule has 1 saturated heterocycles. The Balaban J connectivity index is 2.28. The zero-order valence-electron chi connectivity index (χ0n) is 7.23. The fourth-order valence-electron chi connectivity index (χ4n) is 1.19. The molecule has 1 aromatic heterocycles. The van der Waals surface area contributed by atoms with Crippen molar-refractivity contribution in [2.45, 2.75) is 6.42 Å². The summed E-state index contributed by atoms with van der Waals surface area (Å²) in [5.74, 6) is -0.607. The third kappa shape index (κ3) is 1.66. The maximum Gasteiger partial charge on any atom is 0.254 e. The molecule has 2 heterocycles. The first kappa shape index (κ1) is 8.55. The van der Waals surface area contributed by atoms with E-state index in [0.29, 0.717) is 11.3 Å². The van der Waals surface area contributed by atoms with Gasteiger partial charge in [0.1, 0.15) is 6.33 Å². The highest BCUT2D eigenvalue weighted by Gasteiger charge is 2.23. The van der Waals surface area contributed by atoms with E-state index in [1.165, 1.54) is 6.33 Å². The van der Waals surface area contributed by atoms with Crippen molar-refractivity contribution in [3.8, 4) is 0 Å². The van der Waals surface area contributed by atoms with Gasteiger partial charge in [-0.3, -0.25) is 14.9 Å². The van der Waals surface area contributed by atoms with Crippen LogP contribution in [0, 0.1) is 0 Å². The van der Waals surface area contributed by atoms with Crippen LogP contribution in [0.15, 0.2) is 24.2 Å². The van der Waals surface area contributed by atoms with E-state index in [1.54, 1.807) is 18.3 Å². The molecule has 2 rings (SSSR count). The summed E-state index contributed by atoms with van der Waals surface area (Å²) in [5.41, 5.74) is 1.06. The van der Waals surface area contributed by atoms with Crippen LogP contribution < -0.4 is 5.32 Å². The first-order valence-corrected chi connectivity index (χ1v) is 4.06. The minimum atomic E-state index is -0.339. The SMILES string of the molecule is O=C1CC(=Cc2ccncn2)C(=O)N1. The predicted octanol–water partition coefficient (Wildman–Crippen LogP) is -0.0935. The molecule has 1 aliphatic heterocycles. The van der Waals surface area contributed by atoms with Crippen LogP contribution in [-0.2, 0) is 9.59 Å². The molecule has 5 nitrogen and oxygen atoms in total. The van der Waals surface area contributed by atoms with Gasteiger partial charge in [-0.1, -0.05) is 0 Å². The first-order valence-electron chi connectivity index (χ1n) is 4.06. The van der Waals surface area contributed by atoms with Crippen LogP contribution in [0.3, 0.4) is 0 Å². The van der Waals surface area contributed by atoms with Crippen molar-refractivity contribution >= 4 is 17.9 Å². The van der Waals surface area contributed by atoms with E-state index >= 15 is 0 Å². The zero-order valence-corrected chi connectivity index (χ0v) is 7.23. The van der Waals surface area contributed by atoms with Crippen LogP contribution in [0.4, 0.5) is 0 Å². The van der Waals surface area contributed by atoms with Crippen molar-refractivity contribution in [2.75, 3.05) is 0 Å². The Bertz CT molecular complexity index is 411. The van der Waals surface area contributed by atoms with Gasteiger partial charge in [-0.2, -0.15) is 0 Å². The second-order valence-electron chi connectivity index (χ2n) is 2.86. The summed E-state index contributed by atoms with van der Waals surface area (Å²) >= 11 is 0. The number of imide groups is 1. The molecule has 5 heteroatoms. The molecule has 0 unspecified atom stereocenters. The van der Waals surface area contributed by atoms with Gasteiger partial charge in [-0.15, -0.1) is 0 Å². The standard InChI is InChI=1S/C9H7N3O2/c13-8-4-6(9(14)12-8)3-7-1-2-10-5-11-7/h1-3,5H,4H2,(H,12,13,14). The lowest BCUT2D eigenvalue weighted by Crippen LogP contribution is -2.19. The van der Waals surface area contributed by atoms with Gasteiger partial charge in [0.05, 0.1) is 12.1 Å². The lowest BCUT2D eigenvalue weighted by Gasteiger charge is -1.92. The Morgan fingerprint density at radius 2 is 2.29 bits per heavy atom. The molecule has 1 aliphatic rings. The lowest BCUT2D eigenvalue weighted by atomic mass is 10.2. The molecule has 14 heavy (non-hydrogen) atoms. The number of nitrogens with one attached hydrogen (secondary N) is 1. The van der Waals surface area contributed by atoms with Gasteiger partial charge in [-0.25, -0.2) is 9.97 Å². The van der Waals surface area contributed by atoms with Crippen molar-refractivity contribution in [3.05, 3.63) is 29.9 Å². The fraction of sp³-hybridized carbons (Fsp3) is 0.111. The van der Waals surface area contributed by atoms with Crippen molar-refractivity contribution in [1.29, 1.82) is 0 Å². The van der Waals surface area contributed by atoms with Crippen molar-refractivity contribution in [2.24, 2.45) is 0 Å². The molecular weight excluding hydrogens is 182 g/mol. The molecule has 0 radical (unpaired) electrons. The molecule has 0 spiro atoms. The molecule has 70 valence electrons. The van der Waals surface area contributed by atoms with E-state index in [1.807, 2.05) is 0 Å². The Hall–Kier alpha value is -2.04. The van der Waals surface area contributed by atoms with E-state index in [9.17, 15) is 9.59 Å². The largest absolute Gasteiger partial charge is 0.292 e. The summed E-state index contributed by atoms with van der Waals surface area (Å²) in [7, 11) is 0. The number of hydrogen-bond acceptors (Lipinski definition) is 4. The third-order valence-corrected chi connectivity index (χ3v) is 1.82. The number of hydrogen-bond donors (Lipinski definition) is 1. The van der Waals surface area contributed by atoms with Crippen LogP contribution in [0.25, 0.3) is 6.08 Å². The molecule has 0 atom stereocenters. The normalized spacial score (nSPS) is 18.7. The van der Waals surface area contributed by atoms with Crippen LogP contribution in [-0.4, -0.2) is 21.8 Å². The summed E-state index contributed by atoms with van der Waals surface area (Å²) in [6.45, 7) is 0. The van der Waals surface area contributed by atoms with E-state index in [4.69, 9.17) is 0 Å². The minimum Gasteiger partial charge on any atom is -0.292 e. The van der Waals surface area contributed by atoms with Crippen molar-refractivity contribution in [1.82, 2.24) is 15.3 Å². The number of nitrogens with zero attached hydrogens (tertiary/aromatic N) is 2. The van der Waals surface area contributed by atoms with Gasteiger partial charge < -0.3 is 0 Å². The summed E-state index contributed by atoms with van der Waals surface area (Å²) in [5, 5.41) is 2.20. The van der Waals surface area contributed by atoms with Gasteiger partial charge in [0.2, 0.25) is 5.91 Å². The molecular formula is C9H7N3O2. The van der Waals surface area contributed by atoms with Gasteiger partial charge in [0, 0.05) is 11.8 Å². The van der Waals surface area contributed by atoms with E-state index in [2.05, 4.69) is 15.3 Å². The Labute approximate surface area is 79.9 Å². The first-order chi connectivity index (χ1) is 6.75. The van der Waals surface area contributed by atoms with Crippen LogP contribution in [0.5, 0.6) is 0 Å². The Kier molecular flexibility index (Phi) is 2.06. The second kappa shape index (κ2) is 3.37. The smallest absolute Gasteiger partial charge is 0.254 e. The maximum atomic E-state index is 11.1. The molecule has 1 aromatic rings. The highest BCUT2D eigenvalue weighted by Crippen LogP contribution is 2.12. The molecule has 1 N–H and O–H groups in total. The summed E-state index contributed by atoms with van der Waals surface area (Å²) in [6.07, 6.45) is 4.68. The summed E-state index contributed by atoms with van der Waals surface area (Å²) in [6, 6.07) is 1.67. The van der Waals surface area contributed by atoms with E-state index in [-0.39, 0.29) is 18.2 Å². The third-order valence-electron chi connectivity index (χ3n) is 1.82. The summed E-state index contributed by atoms with van der Waals surface area (Å²) < 4.78 is 0. The molecule has 0 aliphatic carbocycles. The zero-order chi connectivity index (χ0) is 9.97. The van der Waals surface area contributed by atoms with Gasteiger partial charge in [-0.05, 0) is 12.1 Å². The van der Waals surface area contributed by atoms with Crippen LogP contribution >= 0.6 is 0 Å². The number of carbonyl (C=O) groups is 2. The average molecular weight is 189 g/mol. The summed E-state index contributed by atoms with van der Waals surface area (Å²) in [4.78, 5) is 29.7. The predicted molar refractivity (Wildman–Crippen MR) is 47.8 cm³/mol. The van der Waals surface area contributed by atoms with E-state index in [0.717, 1.165) is 0 Å². The Morgan fingerprint density at radius 1 is 1.43 bits per heavy atom. The monoisotopic (exact) mass is 189 g/mol. The van der Waals surface area contributed by atoms with Crippen LogP contribution in [0.2, 0.25) is 0 Å². The number of rotatable bonds is 1. The number of carbonyl (C=O) groups excluding carboxylic acids is 2. The Morgan fingerprint density at radius 3 is 2.86 bits per heavy atom. The minimum absolute atomic E-state index is 0.128. The highest BCUT2D eigenvalue weighted by atomic mass is 16.2. The molecule has 0 saturated carbocycles. The van der Waals surface area contributed by atoms with Crippen molar-refractivity contribution in [3.63, 3.8) is 0 Å². The average Bonchev–Trinajstić information content (AvgIpc) is 2.47. The fourth-order valence-corrected chi connectivity index (χ4v) is 1.19. The van der Waals surface area contributed by atoms with Gasteiger partial charge in [0.25, 0.3) is 5.91 Å². The quantitative estimate of drug-likeness (QED) is 0.495. The van der Waals surface area contributed by atoms with Crippen molar-refractivity contribution < 1.29 is 9.59 Å². The second-order valence-corrected chi connectivity index (χ2v) is 2.86. The van der Waals surface area contributed by atoms with Gasteiger partial charge >= 0.3 is 0 Å². The maximum absolute atomic E-state index is 11.1. The molecule has 0 bridgehead atoms. The molecule has 0 aromatic carbocycles.